The Hall–Kier alpha value is -3.65. The second-order valence-electron chi connectivity index (χ2n) is 7.32. The van der Waals surface area contributed by atoms with Gasteiger partial charge in [0.2, 0.25) is 0 Å². The number of nitrogens with zero attached hydrogens (tertiary/aromatic N) is 2. The van der Waals surface area contributed by atoms with Crippen LogP contribution >= 0.6 is 11.6 Å². The largest absolute Gasteiger partial charge is 0.322 e. The minimum Gasteiger partial charge on any atom is -0.322 e. The van der Waals surface area contributed by atoms with Crippen LogP contribution in [0.2, 0.25) is 5.02 Å². The molecule has 7 nitrogen and oxygen atoms in total. The van der Waals surface area contributed by atoms with Crippen molar-refractivity contribution in [3.8, 4) is 0 Å². The van der Waals surface area contributed by atoms with E-state index in [0.717, 1.165) is 0 Å². The molecule has 0 fully saturated rings. The lowest BCUT2D eigenvalue weighted by Gasteiger charge is -2.21. The zero-order chi connectivity index (χ0) is 23.8. The Kier molecular flexibility index (Phi) is 8.21. The summed E-state index contributed by atoms with van der Waals surface area (Å²) in [6, 6.07) is 13.6. The van der Waals surface area contributed by atoms with Gasteiger partial charge in [-0.05, 0) is 42.8 Å². The van der Waals surface area contributed by atoms with E-state index in [0.29, 0.717) is 35.0 Å². The molecule has 0 bridgehead atoms. The van der Waals surface area contributed by atoms with Crippen LogP contribution in [-0.4, -0.2) is 36.3 Å². The Bertz CT molecular complexity index is 1080. The normalized spacial score (nSPS) is 15.2. The number of halogens is 2. The number of rotatable bonds is 7. The molecule has 0 heterocycles. The second kappa shape index (κ2) is 11.3. The van der Waals surface area contributed by atoms with Crippen LogP contribution in [0.25, 0.3) is 0 Å². The summed E-state index contributed by atoms with van der Waals surface area (Å²) in [5.41, 5.74) is 1.65. The number of urea groups is 1. The molecule has 1 unspecified atom stereocenters. The molecule has 9 heteroatoms. The summed E-state index contributed by atoms with van der Waals surface area (Å²) < 4.78 is 14.6. The molecule has 0 saturated heterocycles. The number of nitrogens with one attached hydrogen (secondary N) is 3. The molecule has 0 radical (unpaired) electrons. The molecule has 0 aliphatic heterocycles. The number of carbonyl (C=O) groups excluding carboxylic acids is 2. The van der Waals surface area contributed by atoms with Gasteiger partial charge in [-0.25, -0.2) is 9.18 Å². The van der Waals surface area contributed by atoms with Crippen molar-refractivity contribution in [2.24, 2.45) is 5.10 Å². The van der Waals surface area contributed by atoms with Gasteiger partial charge in [-0.15, -0.1) is 0 Å². The number of anilines is 1. The average Bonchev–Trinajstić information content (AvgIpc) is 2.81. The van der Waals surface area contributed by atoms with Crippen LogP contribution in [0, 0.1) is 0 Å². The summed E-state index contributed by atoms with van der Waals surface area (Å²) in [4.78, 5) is 25.6. The molecule has 1 aliphatic rings. The lowest BCUT2D eigenvalue weighted by atomic mass is 10.0. The van der Waals surface area contributed by atoms with Crippen LogP contribution in [0.4, 0.5) is 14.9 Å². The minimum atomic E-state index is -1.05. The van der Waals surface area contributed by atoms with Gasteiger partial charge >= 0.3 is 6.03 Å². The number of hydrogen-bond acceptors (Lipinski definition) is 4. The SMILES string of the molecule is CCN(C)N=C1C=C(F)C(NC(=O)C(NC(=O)Nc2ccc(Cl)cc2)c2ccccc2)=CC1. The van der Waals surface area contributed by atoms with Gasteiger partial charge in [-0.3, -0.25) is 4.79 Å². The molecule has 2 aromatic carbocycles. The highest BCUT2D eigenvalue weighted by atomic mass is 35.5. The number of hydrogen-bond donors (Lipinski definition) is 3. The van der Waals surface area contributed by atoms with E-state index in [4.69, 9.17) is 11.6 Å². The lowest BCUT2D eigenvalue weighted by Crippen LogP contribution is -2.42. The minimum absolute atomic E-state index is 0.0407. The zero-order valence-corrected chi connectivity index (χ0v) is 19.1. The highest BCUT2D eigenvalue weighted by Crippen LogP contribution is 2.20. The van der Waals surface area contributed by atoms with Crippen molar-refractivity contribution in [2.45, 2.75) is 19.4 Å². The molecule has 0 aromatic heterocycles. The molecule has 33 heavy (non-hydrogen) atoms. The summed E-state index contributed by atoms with van der Waals surface area (Å²) in [6.07, 6.45) is 3.22. The maximum Gasteiger partial charge on any atom is 0.320 e. The molecule has 1 atom stereocenters. The van der Waals surface area contributed by atoms with E-state index in [1.54, 1.807) is 72.7 Å². The standard InChI is InChI=1S/C24H25ClFN5O2/c1-3-31(2)30-19-13-14-21(20(26)15-19)28-23(32)22(16-7-5-4-6-8-16)29-24(33)27-18-11-9-17(25)10-12-18/h4-12,14-15,22H,3,13H2,1-2H3,(H,28,32)(H2,27,29,33). The molecule has 1 aliphatic carbocycles. The third kappa shape index (κ3) is 6.92. The topological polar surface area (TPSA) is 85.8 Å². The van der Waals surface area contributed by atoms with E-state index in [9.17, 15) is 14.0 Å². The second-order valence-corrected chi connectivity index (χ2v) is 7.75. The van der Waals surface area contributed by atoms with Crippen LogP contribution < -0.4 is 16.0 Å². The molecular weight excluding hydrogens is 445 g/mol. The van der Waals surface area contributed by atoms with Crippen LogP contribution in [0.3, 0.4) is 0 Å². The zero-order valence-electron chi connectivity index (χ0n) is 18.3. The number of hydrazone groups is 1. The highest BCUT2D eigenvalue weighted by molar-refractivity contribution is 6.30. The Morgan fingerprint density at radius 3 is 2.45 bits per heavy atom. The summed E-state index contributed by atoms with van der Waals surface area (Å²) in [5, 5.41) is 14.4. The van der Waals surface area contributed by atoms with Crippen LogP contribution in [0.1, 0.15) is 24.9 Å². The van der Waals surface area contributed by atoms with Crippen LogP contribution in [0.15, 0.2) is 83.4 Å². The number of allylic oxidation sites excluding steroid dienone is 3. The number of amides is 3. The van der Waals surface area contributed by atoms with Crippen molar-refractivity contribution in [2.75, 3.05) is 18.9 Å². The predicted molar refractivity (Wildman–Crippen MR) is 129 cm³/mol. The first-order chi connectivity index (χ1) is 15.9. The summed E-state index contributed by atoms with van der Waals surface area (Å²) in [6.45, 7) is 2.63. The van der Waals surface area contributed by atoms with Crippen molar-refractivity contribution in [3.63, 3.8) is 0 Å². The molecule has 172 valence electrons. The molecule has 0 spiro atoms. The van der Waals surface area contributed by atoms with Crippen molar-refractivity contribution in [3.05, 3.63) is 88.9 Å². The molecule has 3 rings (SSSR count). The average molecular weight is 470 g/mol. The predicted octanol–water partition coefficient (Wildman–Crippen LogP) is 4.77. The fraction of sp³-hybridized carbons (Fsp3) is 0.208. The quantitative estimate of drug-likeness (QED) is 0.511. The van der Waals surface area contributed by atoms with E-state index in [1.165, 1.54) is 6.08 Å². The molecular formula is C24H25ClFN5O2. The van der Waals surface area contributed by atoms with Gasteiger partial charge in [0, 0.05) is 30.7 Å². The van der Waals surface area contributed by atoms with Crippen molar-refractivity contribution in [1.82, 2.24) is 15.6 Å². The Morgan fingerprint density at radius 2 is 1.82 bits per heavy atom. The van der Waals surface area contributed by atoms with Crippen LogP contribution in [0.5, 0.6) is 0 Å². The Morgan fingerprint density at radius 1 is 1.12 bits per heavy atom. The molecule has 0 saturated carbocycles. The van der Waals surface area contributed by atoms with Gasteiger partial charge in [0.15, 0.2) is 0 Å². The van der Waals surface area contributed by atoms with Gasteiger partial charge in [-0.1, -0.05) is 48.0 Å². The molecule has 3 amide bonds. The first-order valence-electron chi connectivity index (χ1n) is 10.4. The van der Waals surface area contributed by atoms with Gasteiger partial charge in [0.25, 0.3) is 5.91 Å². The maximum absolute atomic E-state index is 14.6. The highest BCUT2D eigenvalue weighted by Gasteiger charge is 2.25. The van der Waals surface area contributed by atoms with Gasteiger partial charge in [0.1, 0.15) is 11.9 Å². The Balaban J connectivity index is 1.73. The Labute approximate surface area is 197 Å². The van der Waals surface area contributed by atoms with E-state index >= 15 is 0 Å². The first kappa shape index (κ1) is 24.0. The lowest BCUT2D eigenvalue weighted by molar-refractivity contribution is -0.122. The third-order valence-electron chi connectivity index (χ3n) is 4.85. The molecule has 2 aromatic rings. The van der Waals surface area contributed by atoms with Crippen molar-refractivity contribution >= 4 is 34.9 Å². The van der Waals surface area contributed by atoms with Gasteiger partial charge in [-0.2, -0.15) is 5.10 Å². The fourth-order valence-electron chi connectivity index (χ4n) is 3.04. The molecule has 3 N–H and O–H groups in total. The van der Waals surface area contributed by atoms with E-state index in [-0.39, 0.29) is 5.70 Å². The van der Waals surface area contributed by atoms with Crippen LogP contribution in [-0.2, 0) is 4.79 Å². The van der Waals surface area contributed by atoms with Gasteiger partial charge in [0.05, 0.1) is 11.4 Å². The monoisotopic (exact) mass is 469 g/mol. The van der Waals surface area contributed by atoms with Crippen molar-refractivity contribution < 1.29 is 14.0 Å². The summed E-state index contributed by atoms with van der Waals surface area (Å²) >= 11 is 5.87. The first-order valence-corrected chi connectivity index (χ1v) is 10.8. The summed E-state index contributed by atoms with van der Waals surface area (Å²) in [5.74, 6) is -1.18. The summed E-state index contributed by atoms with van der Waals surface area (Å²) in [7, 11) is 1.80. The van der Waals surface area contributed by atoms with E-state index in [2.05, 4.69) is 21.1 Å². The van der Waals surface area contributed by atoms with E-state index in [1.807, 2.05) is 6.92 Å². The van der Waals surface area contributed by atoms with E-state index < -0.39 is 23.8 Å². The third-order valence-corrected chi connectivity index (χ3v) is 5.11. The van der Waals surface area contributed by atoms with Gasteiger partial charge < -0.3 is 21.0 Å². The fourth-order valence-corrected chi connectivity index (χ4v) is 3.17. The number of carbonyl (C=O) groups is 2. The smallest absolute Gasteiger partial charge is 0.320 e. The van der Waals surface area contributed by atoms with Crippen molar-refractivity contribution in [1.29, 1.82) is 0 Å². The maximum atomic E-state index is 14.6. The number of benzene rings is 2.